The third-order valence-corrected chi connectivity index (χ3v) is 5.27. The highest BCUT2D eigenvalue weighted by atomic mass is 16.5. The van der Waals surface area contributed by atoms with Gasteiger partial charge in [-0.1, -0.05) is 18.2 Å². The average molecular weight is 346 g/mol. The van der Waals surface area contributed by atoms with Gasteiger partial charge in [0.1, 0.15) is 5.52 Å². The lowest BCUT2D eigenvalue weighted by Gasteiger charge is -2.23. The Morgan fingerprint density at radius 3 is 2.58 bits per heavy atom. The van der Waals surface area contributed by atoms with Gasteiger partial charge in [-0.2, -0.15) is 0 Å². The molecule has 0 amide bonds. The van der Waals surface area contributed by atoms with Crippen LogP contribution in [-0.2, 0) is 13.0 Å². The Hall–Kier alpha value is -3.21. The number of fused-ring (bicyclic) bond motifs is 6. The van der Waals surface area contributed by atoms with Gasteiger partial charge in [-0.05, 0) is 36.2 Å². The standard InChI is InChI=1S/C21H18N2O3/c1-25-18-9-12-7-8-23-17(14(12)11-19(18)26-2)10-15-13-5-3-4-6-16(13)22-20(15)21(23)24/h3-6,9-11,22H,7-8H2,1-2H3. The van der Waals surface area contributed by atoms with Crippen LogP contribution >= 0.6 is 0 Å². The maximum absolute atomic E-state index is 13.1. The molecule has 1 aliphatic rings. The Labute approximate surface area is 149 Å². The minimum absolute atomic E-state index is 0.0223. The fraction of sp³-hybridized carbons (Fsp3) is 0.190. The molecule has 2 aromatic heterocycles. The monoisotopic (exact) mass is 346 g/mol. The number of nitrogens with one attached hydrogen (secondary N) is 1. The fourth-order valence-corrected chi connectivity index (χ4v) is 3.99. The van der Waals surface area contributed by atoms with E-state index < -0.39 is 0 Å². The highest BCUT2D eigenvalue weighted by Crippen LogP contribution is 2.39. The largest absolute Gasteiger partial charge is 0.493 e. The number of para-hydroxylation sites is 1. The summed E-state index contributed by atoms with van der Waals surface area (Å²) < 4.78 is 12.8. The first-order valence-corrected chi connectivity index (χ1v) is 8.61. The number of pyridine rings is 1. The summed E-state index contributed by atoms with van der Waals surface area (Å²) in [5, 5.41) is 2.02. The van der Waals surface area contributed by atoms with Crippen molar-refractivity contribution in [1.29, 1.82) is 0 Å². The number of hydrogen-bond acceptors (Lipinski definition) is 3. The Morgan fingerprint density at radius 2 is 1.77 bits per heavy atom. The van der Waals surface area contributed by atoms with Crippen LogP contribution in [0.15, 0.2) is 47.3 Å². The van der Waals surface area contributed by atoms with E-state index in [9.17, 15) is 4.79 Å². The van der Waals surface area contributed by atoms with Crippen LogP contribution in [-0.4, -0.2) is 23.8 Å². The Morgan fingerprint density at radius 1 is 1.00 bits per heavy atom. The molecule has 4 aromatic rings. The Kier molecular flexibility index (Phi) is 3.13. The van der Waals surface area contributed by atoms with Crippen LogP contribution in [0.5, 0.6) is 11.5 Å². The molecule has 0 atom stereocenters. The van der Waals surface area contributed by atoms with Crippen molar-refractivity contribution >= 4 is 21.8 Å². The molecule has 5 nitrogen and oxygen atoms in total. The van der Waals surface area contributed by atoms with Crippen LogP contribution in [0.25, 0.3) is 33.1 Å². The van der Waals surface area contributed by atoms with Crippen molar-refractivity contribution in [3.05, 3.63) is 58.4 Å². The number of aromatic nitrogens is 2. The predicted octanol–water partition coefficient (Wildman–Crippen LogP) is 3.72. The molecule has 0 unspecified atom stereocenters. The van der Waals surface area contributed by atoms with Crippen LogP contribution in [0.3, 0.4) is 0 Å². The van der Waals surface area contributed by atoms with Crippen molar-refractivity contribution in [3.63, 3.8) is 0 Å². The van der Waals surface area contributed by atoms with Crippen LogP contribution in [0.1, 0.15) is 5.56 Å². The quantitative estimate of drug-likeness (QED) is 0.602. The number of hydrogen-bond donors (Lipinski definition) is 1. The van der Waals surface area contributed by atoms with E-state index in [1.807, 2.05) is 41.0 Å². The summed E-state index contributed by atoms with van der Waals surface area (Å²) in [6.45, 7) is 0.655. The summed E-state index contributed by atoms with van der Waals surface area (Å²) in [7, 11) is 3.27. The molecule has 2 aromatic carbocycles. The summed E-state index contributed by atoms with van der Waals surface area (Å²) in [5.74, 6) is 1.39. The van der Waals surface area contributed by atoms with Crippen LogP contribution in [0.4, 0.5) is 0 Å². The van der Waals surface area contributed by atoms with E-state index >= 15 is 0 Å². The van der Waals surface area contributed by atoms with Crippen molar-refractivity contribution in [3.8, 4) is 22.8 Å². The second kappa shape index (κ2) is 5.39. The van der Waals surface area contributed by atoms with Crippen LogP contribution in [0, 0.1) is 0 Å². The maximum atomic E-state index is 13.1. The van der Waals surface area contributed by atoms with E-state index in [2.05, 4.69) is 11.1 Å². The second-order valence-corrected chi connectivity index (χ2v) is 6.56. The first-order valence-electron chi connectivity index (χ1n) is 8.61. The van der Waals surface area contributed by atoms with Gasteiger partial charge in [0.2, 0.25) is 0 Å². The van der Waals surface area contributed by atoms with Gasteiger partial charge in [-0.3, -0.25) is 4.79 Å². The zero-order valence-corrected chi connectivity index (χ0v) is 14.6. The average Bonchev–Trinajstić information content (AvgIpc) is 3.06. The van der Waals surface area contributed by atoms with Crippen molar-refractivity contribution in [1.82, 2.24) is 9.55 Å². The molecule has 0 bridgehead atoms. The number of ether oxygens (including phenoxy) is 2. The van der Waals surface area contributed by atoms with E-state index in [0.717, 1.165) is 39.7 Å². The first-order chi connectivity index (χ1) is 12.7. The van der Waals surface area contributed by atoms with Gasteiger partial charge in [-0.15, -0.1) is 0 Å². The predicted molar refractivity (Wildman–Crippen MR) is 102 cm³/mol. The van der Waals surface area contributed by atoms with Gasteiger partial charge in [0.05, 0.1) is 19.9 Å². The van der Waals surface area contributed by atoms with Crippen LogP contribution in [0.2, 0.25) is 0 Å². The number of aromatic amines is 1. The van der Waals surface area contributed by atoms with Crippen molar-refractivity contribution in [2.45, 2.75) is 13.0 Å². The fourth-order valence-electron chi connectivity index (χ4n) is 3.99. The van der Waals surface area contributed by atoms with Crippen molar-refractivity contribution in [2.24, 2.45) is 0 Å². The number of nitrogens with zero attached hydrogens (tertiary/aromatic N) is 1. The molecular weight excluding hydrogens is 328 g/mol. The Balaban J connectivity index is 1.87. The Bertz CT molecular complexity index is 1230. The molecule has 1 N–H and O–H groups in total. The van der Waals surface area contributed by atoms with Crippen LogP contribution < -0.4 is 15.0 Å². The lowest BCUT2D eigenvalue weighted by molar-refractivity contribution is 0.354. The van der Waals surface area contributed by atoms with E-state index in [-0.39, 0.29) is 5.56 Å². The van der Waals surface area contributed by atoms with E-state index in [4.69, 9.17) is 9.47 Å². The summed E-state index contributed by atoms with van der Waals surface area (Å²) in [6, 6.07) is 14.1. The highest BCUT2D eigenvalue weighted by Gasteiger charge is 2.22. The molecule has 5 heteroatoms. The molecule has 0 saturated heterocycles. The lowest BCUT2D eigenvalue weighted by atomic mass is 9.95. The summed E-state index contributed by atoms with van der Waals surface area (Å²) in [6.07, 6.45) is 0.786. The molecule has 0 fully saturated rings. The molecule has 3 heterocycles. The number of benzene rings is 2. The summed E-state index contributed by atoms with van der Waals surface area (Å²) >= 11 is 0. The highest BCUT2D eigenvalue weighted by molar-refractivity contribution is 6.08. The zero-order chi connectivity index (χ0) is 17.8. The third kappa shape index (κ3) is 1.94. The van der Waals surface area contributed by atoms with E-state index in [0.29, 0.717) is 17.8 Å². The van der Waals surface area contributed by atoms with Gasteiger partial charge in [0.15, 0.2) is 11.5 Å². The van der Waals surface area contributed by atoms with E-state index in [1.54, 1.807) is 14.2 Å². The van der Waals surface area contributed by atoms with Crippen molar-refractivity contribution in [2.75, 3.05) is 14.2 Å². The van der Waals surface area contributed by atoms with Gasteiger partial charge < -0.3 is 19.0 Å². The lowest BCUT2D eigenvalue weighted by Crippen LogP contribution is -2.26. The molecular formula is C21H18N2O3. The number of aryl methyl sites for hydroxylation is 1. The molecule has 5 rings (SSSR count). The third-order valence-electron chi connectivity index (χ3n) is 5.27. The number of methoxy groups -OCH3 is 2. The first kappa shape index (κ1) is 15.1. The molecule has 1 aliphatic heterocycles. The summed E-state index contributed by atoms with van der Waals surface area (Å²) in [5.41, 5.74) is 4.79. The molecule has 0 aliphatic carbocycles. The summed E-state index contributed by atoms with van der Waals surface area (Å²) in [4.78, 5) is 16.4. The number of H-pyrrole nitrogens is 1. The van der Waals surface area contributed by atoms with Gasteiger partial charge in [-0.25, -0.2) is 0 Å². The topological polar surface area (TPSA) is 56.2 Å². The van der Waals surface area contributed by atoms with Gasteiger partial charge in [0.25, 0.3) is 5.56 Å². The zero-order valence-electron chi connectivity index (χ0n) is 14.6. The minimum Gasteiger partial charge on any atom is -0.493 e. The van der Waals surface area contributed by atoms with E-state index in [1.165, 1.54) is 5.56 Å². The molecule has 130 valence electrons. The normalized spacial score (nSPS) is 12.8. The van der Waals surface area contributed by atoms with Gasteiger partial charge in [0, 0.05) is 28.4 Å². The van der Waals surface area contributed by atoms with Crippen molar-refractivity contribution < 1.29 is 9.47 Å². The SMILES string of the molecule is COc1cc2c(cc1OC)-c1cc3c([nH]c4ccccc43)c(=O)n1CC2. The molecule has 0 saturated carbocycles. The maximum Gasteiger partial charge on any atom is 0.275 e. The minimum atomic E-state index is 0.0223. The second-order valence-electron chi connectivity index (χ2n) is 6.56. The number of rotatable bonds is 2. The smallest absolute Gasteiger partial charge is 0.275 e. The van der Waals surface area contributed by atoms with Gasteiger partial charge >= 0.3 is 0 Å². The molecule has 26 heavy (non-hydrogen) atoms. The molecule has 0 spiro atoms. The molecule has 0 radical (unpaired) electrons.